The van der Waals surface area contributed by atoms with Crippen molar-refractivity contribution < 1.29 is 5.11 Å². The number of pyridine rings is 1. The highest BCUT2D eigenvalue weighted by Crippen LogP contribution is 2.28. The highest BCUT2D eigenvalue weighted by molar-refractivity contribution is 6.32. The second-order valence-corrected chi connectivity index (χ2v) is 4.93. The summed E-state index contributed by atoms with van der Waals surface area (Å²) in [5, 5.41) is 10.5. The Hall–Kier alpha value is -1.55. The van der Waals surface area contributed by atoms with Crippen LogP contribution in [-0.2, 0) is 13.0 Å². The predicted molar refractivity (Wildman–Crippen MR) is 77.6 cm³/mol. The van der Waals surface area contributed by atoms with E-state index in [2.05, 4.69) is 23.5 Å². The van der Waals surface area contributed by atoms with Gasteiger partial charge in [0, 0.05) is 18.3 Å². The second kappa shape index (κ2) is 6.06. The number of nitrogens with zero attached hydrogens (tertiary/aromatic N) is 3. The van der Waals surface area contributed by atoms with Crippen LogP contribution in [0.4, 0.5) is 0 Å². The largest absolute Gasteiger partial charge is 0.480 e. The maximum absolute atomic E-state index is 9.96. The number of imidazole rings is 1. The zero-order valence-electron chi connectivity index (χ0n) is 11.1. The van der Waals surface area contributed by atoms with Gasteiger partial charge in [-0.25, -0.2) is 4.98 Å². The molecule has 0 atom stereocenters. The van der Waals surface area contributed by atoms with Crippen LogP contribution in [-0.4, -0.2) is 19.6 Å². The van der Waals surface area contributed by atoms with E-state index in [1.54, 1.807) is 16.8 Å². The fourth-order valence-corrected chi connectivity index (χ4v) is 2.41. The summed E-state index contributed by atoms with van der Waals surface area (Å²) < 4.78 is 1.79. The predicted octanol–water partition coefficient (Wildman–Crippen LogP) is 3.71. The van der Waals surface area contributed by atoms with E-state index in [0.717, 1.165) is 36.9 Å². The first-order chi connectivity index (χ1) is 9.19. The van der Waals surface area contributed by atoms with Gasteiger partial charge in [0.15, 0.2) is 5.65 Å². The van der Waals surface area contributed by atoms with Crippen LogP contribution in [0.15, 0.2) is 18.9 Å². The normalized spacial score (nSPS) is 11.1. The minimum atomic E-state index is 0.00572. The van der Waals surface area contributed by atoms with Gasteiger partial charge >= 0.3 is 0 Å². The van der Waals surface area contributed by atoms with Crippen LogP contribution < -0.4 is 0 Å². The highest BCUT2D eigenvalue weighted by Gasteiger charge is 2.16. The van der Waals surface area contributed by atoms with Gasteiger partial charge in [0.1, 0.15) is 0 Å². The molecule has 0 saturated heterocycles. The summed E-state index contributed by atoms with van der Waals surface area (Å²) in [6.07, 6.45) is 7.24. The number of halogens is 1. The molecule has 0 aliphatic rings. The van der Waals surface area contributed by atoms with Crippen LogP contribution in [0.25, 0.3) is 11.2 Å². The van der Waals surface area contributed by atoms with E-state index in [9.17, 15) is 5.11 Å². The third-order valence-electron chi connectivity index (χ3n) is 3.14. The molecule has 0 unspecified atom stereocenters. The van der Waals surface area contributed by atoms with Crippen molar-refractivity contribution in [1.29, 1.82) is 0 Å². The molecule has 0 spiro atoms. The SMILES string of the molecule is C=CCc1c(Cl)cnc2nc(O)n(CCCCC)c12. The molecule has 102 valence electrons. The van der Waals surface area contributed by atoms with E-state index >= 15 is 0 Å². The third kappa shape index (κ3) is 2.73. The first-order valence-electron chi connectivity index (χ1n) is 6.52. The van der Waals surface area contributed by atoms with Gasteiger partial charge in [-0.15, -0.1) is 6.58 Å². The molecule has 19 heavy (non-hydrogen) atoms. The van der Waals surface area contributed by atoms with Gasteiger partial charge in [-0.2, -0.15) is 4.98 Å². The lowest BCUT2D eigenvalue weighted by Gasteiger charge is -2.08. The molecular weight excluding hydrogens is 262 g/mol. The van der Waals surface area contributed by atoms with Crippen LogP contribution in [0, 0.1) is 0 Å². The third-order valence-corrected chi connectivity index (χ3v) is 3.46. The topological polar surface area (TPSA) is 50.9 Å². The van der Waals surface area contributed by atoms with E-state index in [1.165, 1.54) is 0 Å². The molecule has 0 aliphatic carbocycles. The van der Waals surface area contributed by atoms with E-state index < -0.39 is 0 Å². The summed E-state index contributed by atoms with van der Waals surface area (Å²) >= 11 is 6.19. The minimum absolute atomic E-state index is 0.00572. The Balaban J connectivity index is 2.51. The monoisotopic (exact) mass is 279 g/mol. The summed E-state index contributed by atoms with van der Waals surface area (Å²) in [6, 6.07) is 0.00572. The lowest BCUT2D eigenvalue weighted by molar-refractivity contribution is 0.397. The van der Waals surface area contributed by atoms with Crippen LogP contribution in [0.1, 0.15) is 31.7 Å². The van der Waals surface area contributed by atoms with Gasteiger partial charge in [-0.3, -0.25) is 4.57 Å². The molecule has 0 bridgehead atoms. The molecular formula is C14H18ClN3O. The van der Waals surface area contributed by atoms with Gasteiger partial charge in [0.2, 0.25) is 0 Å². The molecule has 2 aromatic rings. The van der Waals surface area contributed by atoms with Gasteiger partial charge in [0.25, 0.3) is 6.01 Å². The Morgan fingerprint density at radius 2 is 2.26 bits per heavy atom. The van der Waals surface area contributed by atoms with Crippen molar-refractivity contribution in [3.63, 3.8) is 0 Å². The number of fused-ring (bicyclic) bond motifs is 1. The van der Waals surface area contributed by atoms with Crippen LogP contribution in [0.2, 0.25) is 5.02 Å². The Labute approximate surface area is 117 Å². The summed E-state index contributed by atoms with van der Waals surface area (Å²) in [5.41, 5.74) is 2.28. The number of aromatic nitrogens is 3. The van der Waals surface area contributed by atoms with Crippen LogP contribution in [0.3, 0.4) is 0 Å². The van der Waals surface area contributed by atoms with Crippen molar-refractivity contribution >= 4 is 22.8 Å². The zero-order valence-corrected chi connectivity index (χ0v) is 11.8. The van der Waals surface area contributed by atoms with Crippen molar-refractivity contribution in [2.24, 2.45) is 0 Å². The highest BCUT2D eigenvalue weighted by atomic mass is 35.5. The van der Waals surface area contributed by atoms with Crippen molar-refractivity contribution in [3.8, 4) is 6.01 Å². The minimum Gasteiger partial charge on any atom is -0.480 e. The molecule has 0 aliphatic heterocycles. The maximum Gasteiger partial charge on any atom is 0.296 e. The number of rotatable bonds is 6. The number of aromatic hydroxyl groups is 1. The van der Waals surface area contributed by atoms with Gasteiger partial charge in [-0.05, 0) is 12.8 Å². The van der Waals surface area contributed by atoms with Gasteiger partial charge in [-0.1, -0.05) is 37.4 Å². The fourth-order valence-electron chi connectivity index (χ4n) is 2.20. The summed E-state index contributed by atoms with van der Waals surface area (Å²) in [6.45, 7) is 6.62. The van der Waals surface area contributed by atoms with Gasteiger partial charge in [0.05, 0.1) is 10.5 Å². The zero-order chi connectivity index (χ0) is 13.8. The molecule has 0 amide bonds. The Kier molecular flexibility index (Phi) is 4.43. The molecule has 0 saturated carbocycles. The van der Waals surface area contributed by atoms with Crippen LogP contribution in [0.5, 0.6) is 6.01 Å². The first-order valence-corrected chi connectivity index (χ1v) is 6.90. The number of aryl methyl sites for hydroxylation is 1. The Bertz CT molecular complexity index is 592. The summed E-state index contributed by atoms with van der Waals surface area (Å²) in [5.74, 6) is 0. The lowest BCUT2D eigenvalue weighted by Crippen LogP contribution is -2.00. The molecule has 0 fully saturated rings. The van der Waals surface area contributed by atoms with Crippen LogP contribution >= 0.6 is 11.6 Å². The van der Waals surface area contributed by atoms with E-state index in [4.69, 9.17) is 11.6 Å². The first kappa shape index (κ1) is 13.9. The lowest BCUT2D eigenvalue weighted by atomic mass is 10.1. The van der Waals surface area contributed by atoms with Gasteiger partial charge < -0.3 is 5.11 Å². The van der Waals surface area contributed by atoms with Crippen molar-refractivity contribution in [2.75, 3.05) is 0 Å². The van der Waals surface area contributed by atoms with E-state index in [0.29, 0.717) is 17.1 Å². The van der Waals surface area contributed by atoms with Crippen molar-refractivity contribution in [2.45, 2.75) is 39.2 Å². The maximum atomic E-state index is 9.96. The summed E-state index contributed by atoms with van der Waals surface area (Å²) in [4.78, 5) is 8.27. The van der Waals surface area contributed by atoms with Crippen molar-refractivity contribution in [1.82, 2.24) is 14.5 Å². The second-order valence-electron chi connectivity index (χ2n) is 4.52. The molecule has 1 N–H and O–H groups in total. The molecule has 0 radical (unpaired) electrons. The number of hydrogen-bond donors (Lipinski definition) is 1. The fraction of sp³-hybridized carbons (Fsp3) is 0.429. The molecule has 0 aromatic carbocycles. The quantitative estimate of drug-likeness (QED) is 0.648. The van der Waals surface area contributed by atoms with Crippen molar-refractivity contribution in [3.05, 3.63) is 29.4 Å². The molecule has 4 nitrogen and oxygen atoms in total. The summed E-state index contributed by atoms with van der Waals surface area (Å²) in [7, 11) is 0. The average Bonchev–Trinajstić information content (AvgIpc) is 2.70. The molecule has 2 aromatic heterocycles. The number of hydrogen-bond acceptors (Lipinski definition) is 3. The molecule has 5 heteroatoms. The van der Waals surface area contributed by atoms with E-state index in [-0.39, 0.29) is 6.01 Å². The number of unbranched alkanes of at least 4 members (excludes halogenated alkanes) is 2. The molecule has 2 heterocycles. The average molecular weight is 280 g/mol. The standard InChI is InChI=1S/C14H18ClN3O/c1-3-5-6-8-18-12-10(7-4-2)11(15)9-16-13(12)17-14(18)19/h4,9H,2-3,5-8H2,1H3,(H,16,17,19). The molecule has 2 rings (SSSR count). The number of allylic oxidation sites excluding steroid dienone is 1. The van der Waals surface area contributed by atoms with E-state index in [1.807, 2.05) is 0 Å². The Morgan fingerprint density at radius 3 is 2.95 bits per heavy atom. The Morgan fingerprint density at radius 1 is 1.47 bits per heavy atom. The smallest absolute Gasteiger partial charge is 0.296 e.